The molecule has 0 unspecified atom stereocenters. The number of aromatic amines is 1. The molecule has 1 N–H and O–H groups in total. The highest BCUT2D eigenvalue weighted by Gasteiger charge is 2.09. The summed E-state index contributed by atoms with van der Waals surface area (Å²) in [5.41, 5.74) is 7.33. The third-order valence-electron chi connectivity index (χ3n) is 5.48. The molecular weight excluding hydrogens is 396 g/mol. The molecular formula is C27H26N4O. The van der Waals surface area contributed by atoms with E-state index in [-0.39, 0.29) is 0 Å². The van der Waals surface area contributed by atoms with Crippen molar-refractivity contribution in [3.8, 4) is 28.4 Å². The molecule has 5 heteroatoms. The standard InChI is InChI=1S/C27H26N4O/c1-4-32-22-11-14-24-26(16-22)30-27(29-24)25-13-10-21-15-20(9-12-23(21)28-25)19-7-5-18(6-8-19)17-31(2)3/h5-16H,4,17H2,1-3H3,(H,29,30). The second-order valence-corrected chi connectivity index (χ2v) is 8.24. The predicted octanol–water partition coefficient (Wildman–Crippen LogP) is 5.91. The fraction of sp³-hybridized carbons (Fsp3) is 0.185. The molecule has 0 aliphatic heterocycles. The lowest BCUT2D eigenvalue weighted by Crippen LogP contribution is -2.10. The first-order valence-electron chi connectivity index (χ1n) is 10.9. The number of ether oxygens (including phenoxy) is 1. The van der Waals surface area contributed by atoms with Crippen molar-refractivity contribution < 1.29 is 4.74 Å². The Morgan fingerprint density at radius 2 is 1.62 bits per heavy atom. The zero-order valence-corrected chi connectivity index (χ0v) is 18.6. The molecule has 2 aromatic heterocycles. The zero-order chi connectivity index (χ0) is 22.1. The molecule has 0 saturated heterocycles. The lowest BCUT2D eigenvalue weighted by molar-refractivity contribution is 0.340. The average Bonchev–Trinajstić information content (AvgIpc) is 3.22. The van der Waals surface area contributed by atoms with Crippen molar-refractivity contribution in [2.75, 3.05) is 20.7 Å². The van der Waals surface area contributed by atoms with Crippen LogP contribution in [0.5, 0.6) is 5.75 Å². The number of fused-ring (bicyclic) bond motifs is 2. The van der Waals surface area contributed by atoms with E-state index in [2.05, 4.69) is 72.5 Å². The van der Waals surface area contributed by atoms with Crippen LogP contribution in [-0.4, -0.2) is 40.6 Å². The first kappa shape index (κ1) is 20.2. The summed E-state index contributed by atoms with van der Waals surface area (Å²) < 4.78 is 5.59. The second-order valence-electron chi connectivity index (χ2n) is 8.24. The van der Waals surface area contributed by atoms with E-state index >= 15 is 0 Å². The second kappa shape index (κ2) is 8.44. The van der Waals surface area contributed by atoms with Gasteiger partial charge in [0.15, 0.2) is 5.82 Å². The van der Waals surface area contributed by atoms with Gasteiger partial charge in [-0.3, -0.25) is 0 Å². The molecule has 32 heavy (non-hydrogen) atoms. The molecule has 0 aliphatic rings. The van der Waals surface area contributed by atoms with Crippen molar-refractivity contribution in [2.45, 2.75) is 13.5 Å². The summed E-state index contributed by atoms with van der Waals surface area (Å²) in [4.78, 5) is 15.1. The van der Waals surface area contributed by atoms with Gasteiger partial charge < -0.3 is 14.6 Å². The number of benzene rings is 3. The third kappa shape index (κ3) is 4.07. The Labute approximate surface area is 187 Å². The van der Waals surface area contributed by atoms with Gasteiger partial charge in [0.1, 0.15) is 11.4 Å². The normalized spacial score (nSPS) is 11.5. The Hall–Kier alpha value is -3.70. The van der Waals surface area contributed by atoms with E-state index in [9.17, 15) is 0 Å². The molecule has 0 spiro atoms. The van der Waals surface area contributed by atoms with Gasteiger partial charge in [-0.05, 0) is 68.0 Å². The van der Waals surface area contributed by atoms with E-state index in [0.29, 0.717) is 6.61 Å². The summed E-state index contributed by atoms with van der Waals surface area (Å²) in [6, 6.07) is 25.2. The van der Waals surface area contributed by atoms with Crippen molar-refractivity contribution in [1.29, 1.82) is 0 Å². The number of rotatable bonds is 6. The molecule has 5 aromatic rings. The van der Waals surface area contributed by atoms with Gasteiger partial charge in [-0.25, -0.2) is 9.97 Å². The molecule has 3 aromatic carbocycles. The lowest BCUT2D eigenvalue weighted by Gasteiger charge is -2.10. The molecule has 0 fully saturated rings. The maximum Gasteiger partial charge on any atom is 0.157 e. The molecule has 0 saturated carbocycles. The quantitative estimate of drug-likeness (QED) is 0.370. The molecule has 0 radical (unpaired) electrons. The molecule has 160 valence electrons. The molecule has 5 rings (SSSR count). The zero-order valence-electron chi connectivity index (χ0n) is 18.6. The summed E-state index contributed by atoms with van der Waals surface area (Å²) in [7, 11) is 4.17. The first-order valence-corrected chi connectivity index (χ1v) is 10.9. The number of H-pyrrole nitrogens is 1. The Morgan fingerprint density at radius 3 is 2.41 bits per heavy atom. The van der Waals surface area contributed by atoms with Crippen molar-refractivity contribution in [1.82, 2.24) is 19.9 Å². The minimum absolute atomic E-state index is 0.636. The van der Waals surface area contributed by atoms with E-state index in [4.69, 9.17) is 14.7 Å². The monoisotopic (exact) mass is 422 g/mol. The van der Waals surface area contributed by atoms with Crippen LogP contribution in [0.25, 0.3) is 44.6 Å². The first-order chi connectivity index (χ1) is 15.6. The minimum Gasteiger partial charge on any atom is -0.494 e. The van der Waals surface area contributed by atoms with Crippen LogP contribution in [-0.2, 0) is 6.54 Å². The molecule has 0 bridgehead atoms. The van der Waals surface area contributed by atoms with Crippen molar-refractivity contribution in [3.63, 3.8) is 0 Å². The summed E-state index contributed by atoms with van der Waals surface area (Å²) in [6.45, 7) is 3.56. The predicted molar refractivity (Wildman–Crippen MR) is 131 cm³/mol. The van der Waals surface area contributed by atoms with Crippen LogP contribution in [0.4, 0.5) is 0 Å². The SMILES string of the molecule is CCOc1ccc2[nH]c(-c3ccc4cc(-c5ccc(CN(C)C)cc5)ccc4n3)nc2c1. The molecule has 5 nitrogen and oxygen atoms in total. The third-order valence-corrected chi connectivity index (χ3v) is 5.48. The molecule has 2 heterocycles. The summed E-state index contributed by atoms with van der Waals surface area (Å²) in [5, 5.41) is 1.11. The van der Waals surface area contributed by atoms with Gasteiger partial charge in [0.2, 0.25) is 0 Å². The highest BCUT2D eigenvalue weighted by molar-refractivity contribution is 5.87. The maximum atomic E-state index is 5.59. The highest BCUT2D eigenvalue weighted by atomic mass is 16.5. The van der Waals surface area contributed by atoms with Gasteiger partial charge in [-0.1, -0.05) is 36.4 Å². The van der Waals surface area contributed by atoms with Gasteiger partial charge >= 0.3 is 0 Å². The lowest BCUT2D eigenvalue weighted by atomic mass is 10.0. The fourth-order valence-electron chi connectivity index (χ4n) is 3.97. The molecule has 0 aliphatic carbocycles. The Kier molecular flexibility index (Phi) is 5.33. The van der Waals surface area contributed by atoms with Crippen LogP contribution in [0, 0.1) is 0 Å². The van der Waals surface area contributed by atoms with E-state index in [1.54, 1.807) is 0 Å². The van der Waals surface area contributed by atoms with Crippen molar-refractivity contribution >= 4 is 21.9 Å². The number of nitrogens with one attached hydrogen (secondary N) is 1. The maximum absolute atomic E-state index is 5.59. The topological polar surface area (TPSA) is 54.0 Å². The average molecular weight is 423 g/mol. The van der Waals surface area contributed by atoms with Gasteiger partial charge in [-0.15, -0.1) is 0 Å². The fourth-order valence-corrected chi connectivity index (χ4v) is 3.97. The van der Waals surface area contributed by atoms with E-state index in [1.807, 2.05) is 31.2 Å². The van der Waals surface area contributed by atoms with Gasteiger partial charge in [0.25, 0.3) is 0 Å². The largest absolute Gasteiger partial charge is 0.494 e. The van der Waals surface area contributed by atoms with E-state index < -0.39 is 0 Å². The van der Waals surface area contributed by atoms with Crippen LogP contribution in [0.2, 0.25) is 0 Å². The number of imidazole rings is 1. The van der Waals surface area contributed by atoms with Gasteiger partial charge in [-0.2, -0.15) is 0 Å². The van der Waals surface area contributed by atoms with E-state index in [1.165, 1.54) is 16.7 Å². The van der Waals surface area contributed by atoms with Crippen LogP contribution >= 0.6 is 0 Å². The van der Waals surface area contributed by atoms with Crippen LogP contribution in [0.1, 0.15) is 12.5 Å². The number of nitrogens with zero attached hydrogens (tertiary/aromatic N) is 3. The van der Waals surface area contributed by atoms with Crippen LogP contribution < -0.4 is 4.74 Å². The molecule has 0 amide bonds. The van der Waals surface area contributed by atoms with Crippen molar-refractivity contribution in [3.05, 3.63) is 78.4 Å². The summed E-state index contributed by atoms with van der Waals surface area (Å²) in [5.74, 6) is 1.59. The van der Waals surface area contributed by atoms with Gasteiger partial charge in [0, 0.05) is 18.0 Å². The number of pyridine rings is 1. The smallest absolute Gasteiger partial charge is 0.157 e. The highest BCUT2D eigenvalue weighted by Crippen LogP contribution is 2.27. The van der Waals surface area contributed by atoms with E-state index in [0.717, 1.165) is 45.7 Å². The summed E-state index contributed by atoms with van der Waals surface area (Å²) >= 11 is 0. The Morgan fingerprint density at radius 1 is 0.812 bits per heavy atom. The van der Waals surface area contributed by atoms with Crippen LogP contribution in [0.3, 0.4) is 0 Å². The Bertz CT molecular complexity index is 1390. The van der Waals surface area contributed by atoms with Gasteiger partial charge in [0.05, 0.1) is 23.2 Å². The summed E-state index contributed by atoms with van der Waals surface area (Å²) in [6.07, 6.45) is 0. The van der Waals surface area contributed by atoms with Crippen molar-refractivity contribution in [2.24, 2.45) is 0 Å². The number of hydrogen-bond acceptors (Lipinski definition) is 4. The number of hydrogen-bond donors (Lipinski definition) is 1. The minimum atomic E-state index is 0.636. The number of aromatic nitrogens is 3. The Balaban J connectivity index is 1.44. The van der Waals surface area contributed by atoms with Crippen LogP contribution in [0.15, 0.2) is 72.8 Å². The molecule has 0 atom stereocenters.